The lowest BCUT2D eigenvalue weighted by Gasteiger charge is -2.21. The number of fused-ring (bicyclic) bond motifs is 1. The first-order valence-electron chi connectivity index (χ1n) is 7.39. The number of hydrogen-bond acceptors (Lipinski definition) is 2. The first kappa shape index (κ1) is 13.9. The second-order valence-corrected chi connectivity index (χ2v) is 5.38. The Labute approximate surface area is 115 Å². The quantitative estimate of drug-likeness (QED) is 0.852. The fourth-order valence-electron chi connectivity index (χ4n) is 2.61. The molecule has 1 aliphatic heterocycles. The van der Waals surface area contributed by atoms with Crippen LogP contribution in [0.2, 0.25) is 0 Å². The highest BCUT2D eigenvalue weighted by atomic mass is 16.1. The second-order valence-electron chi connectivity index (χ2n) is 5.38. The molecule has 1 aliphatic rings. The zero-order valence-electron chi connectivity index (χ0n) is 12.0. The van der Waals surface area contributed by atoms with Gasteiger partial charge in [-0.25, -0.2) is 0 Å². The largest absolute Gasteiger partial charge is 0.385 e. The molecule has 0 saturated heterocycles. The lowest BCUT2D eigenvalue weighted by atomic mass is 9.97. The van der Waals surface area contributed by atoms with Crippen LogP contribution in [-0.2, 0) is 6.42 Å². The van der Waals surface area contributed by atoms with Gasteiger partial charge in [0.25, 0.3) is 5.91 Å². The normalized spacial score (nSPS) is 15.3. The van der Waals surface area contributed by atoms with Gasteiger partial charge in [0.2, 0.25) is 0 Å². The van der Waals surface area contributed by atoms with E-state index in [9.17, 15) is 4.79 Å². The van der Waals surface area contributed by atoms with E-state index in [1.54, 1.807) is 0 Å². The van der Waals surface area contributed by atoms with Crippen molar-refractivity contribution in [3.63, 3.8) is 0 Å². The Bertz CT molecular complexity index is 442. The first-order valence-corrected chi connectivity index (χ1v) is 7.39. The number of amides is 1. The van der Waals surface area contributed by atoms with Crippen molar-refractivity contribution in [2.75, 3.05) is 11.9 Å². The van der Waals surface area contributed by atoms with Crippen LogP contribution >= 0.6 is 0 Å². The molecule has 0 radical (unpaired) electrons. The summed E-state index contributed by atoms with van der Waals surface area (Å²) in [5.41, 5.74) is 3.14. The molecule has 0 bridgehead atoms. The first-order chi connectivity index (χ1) is 9.22. The smallest absolute Gasteiger partial charge is 0.251 e. The molecule has 0 aliphatic carbocycles. The Hall–Kier alpha value is -1.51. The number of unbranched alkanes of at least 4 members (excludes halogenated alkanes) is 1. The maximum absolute atomic E-state index is 12.4. The van der Waals surface area contributed by atoms with Crippen molar-refractivity contribution >= 4 is 11.6 Å². The van der Waals surface area contributed by atoms with Gasteiger partial charge in [0.05, 0.1) is 0 Å². The van der Waals surface area contributed by atoms with Gasteiger partial charge in [0.15, 0.2) is 0 Å². The van der Waals surface area contributed by atoms with Gasteiger partial charge in [-0.05, 0) is 43.9 Å². The Morgan fingerprint density at radius 1 is 1.47 bits per heavy atom. The van der Waals surface area contributed by atoms with Crippen LogP contribution in [0.15, 0.2) is 18.2 Å². The molecular formula is C16H24N2O. The van der Waals surface area contributed by atoms with Gasteiger partial charge in [0, 0.05) is 23.8 Å². The monoisotopic (exact) mass is 260 g/mol. The third-order valence-electron chi connectivity index (χ3n) is 3.71. The minimum atomic E-state index is 0.0733. The van der Waals surface area contributed by atoms with Crippen molar-refractivity contribution in [3.8, 4) is 0 Å². The van der Waals surface area contributed by atoms with E-state index < -0.39 is 0 Å². The number of carbonyl (C=O) groups excluding carboxylic acids is 1. The molecular weight excluding hydrogens is 236 g/mol. The van der Waals surface area contributed by atoms with E-state index in [0.717, 1.165) is 43.5 Å². The summed E-state index contributed by atoms with van der Waals surface area (Å²) in [7, 11) is 0. The summed E-state index contributed by atoms with van der Waals surface area (Å²) in [4.78, 5) is 12.4. The molecule has 1 aromatic rings. The van der Waals surface area contributed by atoms with Gasteiger partial charge < -0.3 is 10.6 Å². The van der Waals surface area contributed by atoms with Crippen molar-refractivity contribution < 1.29 is 4.79 Å². The summed E-state index contributed by atoms with van der Waals surface area (Å²) in [6, 6.07) is 6.21. The SMILES string of the molecule is CCCCC(C)NC(=O)c1cccc2c1CCCN2. The van der Waals surface area contributed by atoms with Crippen LogP contribution in [0.5, 0.6) is 0 Å². The van der Waals surface area contributed by atoms with Crippen LogP contribution in [0.3, 0.4) is 0 Å². The van der Waals surface area contributed by atoms with Crippen LogP contribution in [0.25, 0.3) is 0 Å². The molecule has 1 heterocycles. The van der Waals surface area contributed by atoms with Crippen molar-refractivity contribution in [2.45, 2.75) is 52.0 Å². The van der Waals surface area contributed by atoms with Crippen molar-refractivity contribution in [2.24, 2.45) is 0 Å². The van der Waals surface area contributed by atoms with E-state index in [0.29, 0.717) is 0 Å². The van der Waals surface area contributed by atoms with E-state index in [4.69, 9.17) is 0 Å². The van der Waals surface area contributed by atoms with Crippen LogP contribution in [0.1, 0.15) is 55.5 Å². The van der Waals surface area contributed by atoms with Gasteiger partial charge >= 0.3 is 0 Å². The molecule has 104 valence electrons. The zero-order valence-corrected chi connectivity index (χ0v) is 12.0. The lowest BCUT2D eigenvalue weighted by molar-refractivity contribution is 0.0937. The number of nitrogens with one attached hydrogen (secondary N) is 2. The molecule has 19 heavy (non-hydrogen) atoms. The third-order valence-corrected chi connectivity index (χ3v) is 3.71. The topological polar surface area (TPSA) is 41.1 Å². The maximum Gasteiger partial charge on any atom is 0.251 e. The molecule has 0 spiro atoms. The van der Waals surface area contributed by atoms with Crippen molar-refractivity contribution in [1.82, 2.24) is 5.32 Å². The molecule has 1 atom stereocenters. The van der Waals surface area contributed by atoms with Crippen LogP contribution in [0.4, 0.5) is 5.69 Å². The fraction of sp³-hybridized carbons (Fsp3) is 0.562. The second kappa shape index (κ2) is 6.60. The lowest BCUT2D eigenvalue weighted by Crippen LogP contribution is -2.33. The molecule has 2 N–H and O–H groups in total. The van der Waals surface area contributed by atoms with Gasteiger partial charge in [-0.15, -0.1) is 0 Å². The van der Waals surface area contributed by atoms with E-state index in [1.165, 1.54) is 12.0 Å². The van der Waals surface area contributed by atoms with E-state index in [1.807, 2.05) is 12.1 Å². The van der Waals surface area contributed by atoms with Gasteiger partial charge in [-0.2, -0.15) is 0 Å². The number of anilines is 1. The van der Waals surface area contributed by atoms with E-state index in [-0.39, 0.29) is 11.9 Å². The Balaban J connectivity index is 2.07. The number of rotatable bonds is 5. The highest BCUT2D eigenvalue weighted by Crippen LogP contribution is 2.25. The highest BCUT2D eigenvalue weighted by Gasteiger charge is 2.18. The van der Waals surface area contributed by atoms with Crippen molar-refractivity contribution in [3.05, 3.63) is 29.3 Å². The highest BCUT2D eigenvalue weighted by molar-refractivity contribution is 5.97. The molecule has 3 heteroatoms. The third kappa shape index (κ3) is 3.49. The predicted molar refractivity (Wildman–Crippen MR) is 79.7 cm³/mol. The van der Waals surface area contributed by atoms with E-state index in [2.05, 4.69) is 30.5 Å². The molecule has 0 aromatic heterocycles. The number of benzene rings is 1. The standard InChI is InChI=1S/C16H24N2O/c1-3-4-7-12(2)18-16(19)14-8-5-10-15-13(14)9-6-11-17-15/h5,8,10,12,17H,3-4,6-7,9,11H2,1-2H3,(H,18,19). The van der Waals surface area contributed by atoms with E-state index >= 15 is 0 Å². The Kier molecular flexibility index (Phi) is 4.83. The summed E-state index contributed by atoms with van der Waals surface area (Å²) in [6.07, 6.45) is 5.48. The zero-order chi connectivity index (χ0) is 13.7. The Morgan fingerprint density at radius 2 is 2.32 bits per heavy atom. The molecule has 0 saturated carbocycles. The number of carbonyl (C=O) groups is 1. The Morgan fingerprint density at radius 3 is 3.11 bits per heavy atom. The average molecular weight is 260 g/mol. The predicted octanol–water partition coefficient (Wildman–Crippen LogP) is 3.35. The molecule has 1 unspecified atom stereocenters. The summed E-state index contributed by atoms with van der Waals surface area (Å²) in [5.74, 6) is 0.0733. The summed E-state index contributed by atoms with van der Waals surface area (Å²) in [5, 5.41) is 6.48. The summed E-state index contributed by atoms with van der Waals surface area (Å²) in [6.45, 7) is 5.26. The van der Waals surface area contributed by atoms with Gasteiger partial charge in [-0.3, -0.25) is 4.79 Å². The molecule has 1 aromatic carbocycles. The molecule has 0 fully saturated rings. The molecule has 2 rings (SSSR count). The molecule has 3 nitrogen and oxygen atoms in total. The van der Waals surface area contributed by atoms with Crippen LogP contribution < -0.4 is 10.6 Å². The maximum atomic E-state index is 12.4. The van der Waals surface area contributed by atoms with Gasteiger partial charge in [-0.1, -0.05) is 25.8 Å². The minimum absolute atomic E-state index is 0.0733. The fourth-order valence-corrected chi connectivity index (χ4v) is 2.61. The summed E-state index contributed by atoms with van der Waals surface area (Å²) >= 11 is 0. The minimum Gasteiger partial charge on any atom is -0.385 e. The average Bonchev–Trinajstić information content (AvgIpc) is 2.44. The van der Waals surface area contributed by atoms with Crippen LogP contribution in [-0.4, -0.2) is 18.5 Å². The van der Waals surface area contributed by atoms with Gasteiger partial charge in [0.1, 0.15) is 0 Å². The number of hydrogen-bond donors (Lipinski definition) is 2. The van der Waals surface area contributed by atoms with Crippen LogP contribution in [0, 0.1) is 0 Å². The molecule has 1 amide bonds. The van der Waals surface area contributed by atoms with Crippen molar-refractivity contribution in [1.29, 1.82) is 0 Å². The summed E-state index contributed by atoms with van der Waals surface area (Å²) < 4.78 is 0.